The average Bonchev–Trinajstić information content (AvgIpc) is 3.34. The molecule has 3 saturated heterocycles. The smallest absolute Gasteiger partial charge is 0.265 e. The Bertz CT molecular complexity index is 670. The van der Waals surface area contributed by atoms with Crippen LogP contribution in [0.5, 0.6) is 0 Å². The predicted molar refractivity (Wildman–Crippen MR) is 96.4 cm³/mol. The summed E-state index contributed by atoms with van der Waals surface area (Å²) in [5.41, 5.74) is -0.342. The zero-order valence-corrected chi connectivity index (χ0v) is 15.7. The molecule has 1 atom stereocenters. The lowest BCUT2D eigenvalue weighted by atomic mass is 9.78. The second kappa shape index (κ2) is 6.68. The molecule has 7 heteroatoms. The lowest BCUT2D eigenvalue weighted by molar-refractivity contribution is -0.143. The minimum Gasteiger partial charge on any atom is -0.345 e. The third kappa shape index (κ3) is 3.19. The molecule has 3 aliphatic heterocycles. The van der Waals surface area contributed by atoms with Crippen LogP contribution in [0.15, 0.2) is 6.20 Å². The van der Waals surface area contributed by atoms with Crippen molar-refractivity contribution in [2.75, 3.05) is 39.8 Å². The summed E-state index contributed by atoms with van der Waals surface area (Å²) in [6, 6.07) is 0. The number of amides is 2. The molecule has 0 N–H and O–H groups in total. The van der Waals surface area contributed by atoms with Crippen molar-refractivity contribution in [1.82, 2.24) is 19.7 Å². The molecule has 1 aromatic rings. The Labute approximate surface area is 152 Å². The molecule has 3 fully saturated rings. The molecule has 1 aromatic heterocycles. The molecule has 0 saturated carbocycles. The van der Waals surface area contributed by atoms with Crippen LogP contribution in [-0.4, -0.2) is 71.3 Å². The monoisotopic (exact) mass is 362 g/mol. The molecule has 6 nitrogen and oxygen atoms in total. The quantitative estimate of drug-likeness (QED) is 0.823. The van der Waals surface area contributed by atoms with Gasteiger partial charge in [-0.1, -0.05) is 0 Å². The molecule has 1 spiro atoms. The Morgan fingerprint density at radius 2 is 2.00 bits per heavy atom. The fourth-order valence-corrected chi connectivity index (χ4v) is 5.39. The summed E-state index contributed by atoms with van der Waals surface area (Å²) in [5, 5.41) is 1.02. The van der Waals surface area contributed by atoms with Gasteiger partial charge in [0.25, 0.3) is 5.91 Å². The van der Waals surface area contributed by atoms with Gasteiger partial charge < -0.3 is 9.80 Å². The van der Waals surface area contributed by atoms with Crippen molar-refractivity contribution >= 4 is 23.2 Å². The summed E-state index contributed by atoms with van der Waals surface area (Å²) in [5.74, 6) is 0.260. The van der Waals surface area contributed by atoms with Crippen molar-refractivity contribution in [2.24, 2.45) is 5.41 Å². The lowest BCUT2D eigenvalue weighted by Crippen LogP contribution is -2.48. The fraction of sp³-hybridized carbons (Fsp3) is 0.722. The largest absolute Gasteiger partial charge is 0.345 e. The highest BCUT2D eigenvalue weighted by molar-refractivity contribution is 7.13. The molecular weight excluding hydrogens is 336 g/mol. The maximum atomic E-state index is 12.9. The van der Waals surface area contributed by atoms with Gasteiger partial charge in [0, 0.05) is 26.7 Å². The predicted octanol–water partition coefficient (Wildman–Crippen LogP) is 1.82. The first kappa shape index (κ1) is 17.0. The van der Waals surface area contributed by atoms with Crippen molar-refractivity contribution in [3.63, 3.8) is 0 Å². The van der Waals surface area contributed by atoms with Gasteiger partial charge >= 0.3 is 0 Å². The minimum absolute atomic E-state index is 0.0445. The van der Waals surface area contributed by atoms with E-state index in [-0.39, 0.29) is 17.2 Å². The SMILES string of the molecule is CN1CCC[C@@]2(CCN(C(=O)c3cnc(CN4CCCC4)s3)C2)C1=O. The second-order valence-corrected chi connectivity index (χ2v) is 8.80. The molecule has 2 amide bonds. The number of rotatable bonds is 3. The Morgan fingerprint density at radius 1 is 1.20 bits per heavy atom. The van der Waals surface area contributed by atoms with E-state index in [2.05, 4.69) is 9.88 Å². The topological polar surface area (TPSA) is 56.8 Å². The Balaban J connectivity index is 1.41. The molecule has 136 valence electrons. The molecular formula is C18H26N4O2S. The summed E-state index contributed by atoms with van der Waals surface area (Å²) in [4.78, 5) is 36.8. The van der Waals surface area contributed by atoms with Crippen LogP contribution in [0.4, 0.5) is 0 Å². The highest BCUT2D eigenvalue weighted by Crippen LogP contribution is 2.40. The number of piperidine rings is 1. The summed E-state index contributed by atoms with van der Waals surface area (Å²) >= 11 is 1.51. The van der Waals surface area contributed by atoms with Crippen LogP contribution in [0.3, 0.4) is 0 Å². The minimum atomic E-state index is -0.342. The van der Waals surface area contributed by atoms with Gasteiger partial charge in [0.15, 0.2) is 0 Å². The molecule has 0 aromatic carbocycles. The third-order valence-electron chi connectivity index (χ3n) is 5.91. The zero-order valence-electron chi connectivity index (χ0n) is 14.9. The maximum absolute atomic E-state index is 12.9. The number of carbonyl (C=O) groups excluding carboxylic acids is 2. The fourth-order valence-electron chi connectivity index (χ4n) is 4.46. The van der Waals surface area contributed by atoms with Crippen molar-refractivity contribution in [3.05, 3.63) is 16.1 Å². The van der Waals surface area contributed by atoms with Crippen molar-refractivity contribution in [2.45, 2.75) is 38.6 Å². The van der Waals surface area contributed by atoms with Crippen LogP contribution in [0.2, 0.25) is 0 Å². The van der Waals surface area contributed by atoms with Crippen LogP contribution in [-0.2, 0) is 11.3 Å². The number of aromatic nitrogens is 1. The van der Waals surface area contributed by atoms with Crippen LogP contribution in [0.25, 0.3) is 0 Å². The van der Waals surface area contributed by atoms with E-state index >= 15 is 0 Å². The molecule has 4 rings (SSSR count). The van der Waals surface area contributed by atoms with E-state index in [1.165, 1.54) is 24.2 Å². The van der Waals surface area contributed by atoms with Gasteiger partial charge in [-0.25, -0.2) is 4.98 Å². The van der Waals surface area contributed by atoms with E-state index in [1.54, 1.807) is 6.20 Å². The Kier molecular flexibility index (Phi) is 4.54. The van der Waals surface area contributed by atoms with Gasteiger partial charge in [-0.2, -0.15) is 0 Å². The first-order chi connectivity index (χ1) is 12.1. The van der Waals surface area contributed by atoms with Gasteiger partial charge in [0.1, 0.15) is 9.88 Å². The van der Waals surface area contributed by atoms with Crippen molar-refractivity contribution < 1.29 is 9.59 Å². The number of carbonyl (C=O) groups is 2. The van der Waals surface area contributed by atoms with E-state index in [9.17, 15) is 9.59 Å². The first-order valence-corrected chi connectivity index (χ1v) is 10.1. The van der Waals surface area contributed by atoms with E-state index in [4.69, 9.17) is 0 Å². The molecule has 0 bridgehead atoms. The molecule has 3 aliphatic rings. The number of hydrogen-bond acceptors (Lipinski definition) is 5. The molecule has 0 unspecified atom stereocenters. The number of hydrogen-bond donors (Lipinski definition) is 0. The Morgan fingerprint density at radius 3 is 2.80 bits per heavy atom. The molecule has 0 aliphatic carbocycles. The first-order valence-electron chi connectivity index (χ1n) is 9.29. The highest BCUT2D eigenvalue weighted by atomic mass is 32.1. The van der Waals surface area contributed by atoms with Crippen LogP contribution in [0.1, 0.15) is 46.8 Å². The standard InChI is InChI=1S/C18H26N4O2S/c1-20-7-4-5-18(17(20)24)6-10-22(13-18)16(23)14-11-19-15(25-14)12-21-8-2-3-9-21/h11H,2-10,12-13H2,1H3/t18-/m0/s1. The normalized spacial score (nSPS) is 27.6. The lowest BCUT2D eigenvalue weighted by Gasteiger charge is -2.37. The molecule has 25 heavy (non-hydrogen) atoms. The van der Waals surface area contributed by atoms with Crippen LogP contribution in [0, 0.1) is 5.41 Å². The molecule has 0 radical (unpaired) electrons. The number of nitrogens with zero attached hydrogens (tertiary/aromatic N) is 4. The van der Waals surface area contributed by atoms with Crippen molar-refractivity contribution in [3.8, 4) is 0 Å². The Hall–Kier alpha value is -1.47. The van der Waals surface area contributed by atoms with Crippen LogP contribution >= 0.6 is 11.3 Å². The van der Waals surface area contributed by atoms with E-state index in [0.717, 1.165) is 50.4 Å². The number of thiazole rings is 1. The van der Waals surface area contributed by atoms with Crippen molar-refractivity contribution in [1.29, 1.82) is 0 Å². The van der Waals surface area contributed by atoms with Gasteiger partial charge in [-0.05, 0) is 45.2 Å². The van der Waals surface area contributed by atoms with E-state index < -0.39 is 0 Å². The second-order valence-electron chi connectivity index (χ2n) is 7.69. The van der Waals surface area contributed by atoms with Crippen LogP contribution < -0.4 is 0 Å². The van der Waals surface area contributed by atoms with Gasteiger partial charge in [0.2, 0.25) is 5.91 Å². The van der Waals surface area contributed by atoms with Gasteiger partial charge in [-0.3, -0.25) is 14.5 Å². The maximum Gasteiger partial charge on any atom is 0.265 e. The summed E-state index contributed by atoms with van der Waals surface area (Å²) in [6.07, 6.45) is 6.97. The third-order valence-corrected chi connectivity index (χ3v) is 6.88. The average molecular weight is 362 g/mol. The zero-order chi connectivity index (χ0) is 17.4. The summed E-state index contributed by atoms with van der Waals surface area (Å²) in [6.45, 7) is 5.20. The summed E-state index contributed by atoms with van der Waals surface area (Å²) in [7, 11) is 1.88. The van der Waals surface area contributed by atoms with Gasteiger partial charge in [0.05, 0.1) is 18.2 Å². The summed E-state index contributed by atoms with van der Waals surface area (Å²) < 4.78 is 0. The van der Waals surface area contributed by atoms with Gasteiger partial charge in [-0.15, -0.1) is 11.3 Å². The van der Waals surface area contributed by atoms with E-state index in [1.807, 2.05) is 16.8 Å². The molecule has 4 heterocycles. The van der Waals surface area contributed by atoms with E-state index in [0.29, 0.717) is 18.0 Å². The highest BCUT2D eigenvalue weighted by Gasteiger charge is 2.48. The number of likely N-dealkylation sites (tertiary alicyclic amines) is 3.